The largest absolute Gasteiger partial charge is 0.349 e. The summed E-state index contributed by atoms with van der Waals surface area (Å²) in [6, 6.07) is 4.90. The molecule has 0 aliphatic carbocycles. The number of hydrogen-bond acceptors (Lipinski definition) is 4. The highest BCUT2D eigenvalue weighted by Gasteiger charge is 2.21. The van der Waals surface area contributed by atoms with Gasteiger partial charge < -0.3 is 5.32 Å². The number of carbonyl (C=O) groups is 1. The van der Waals surface area contributed by atoms with Gasteiger partial charge in [0.1, 0.15) is 0 Å². The van der Waals surface area contributed by atoms with Gasteiger partial charge in [0, 0.05) is 16.6 Å². The molecule has 1 aromatic heterocycles. The number of halogens is 2. The lowest BCUT2D eigenvalue weighted by Crippen LogP contribution is -2.33. The average molecular weight is 403 g/mol. The van der Waals surface area contributed by atoms with Crippen LogP contribution in [0.2, 0.25) is 10.0 Å². The first-order valence-electron chi connectivity index (χ1n) is 7.90. The molecule has 0 radical (unpaired) electrons. The first kappa shape index (κ1) is 19.9. The van der Waals surface area contributed by atoms with Gasteiger partial charge in [-0.05, 0) is 38.0 Å². The second-order valence-corrected chi connectivity index (χ2v) is 7.77. The van der Waals surface area contributed by atoms with Crippen LogP contribution in [0.4, 0.5) is 0 Å². The van der Waals surface area contributed by atoms with Crippen LogP contribution in [0.15, 0.2) is 28.2 Å². The van der Waals surface area contributed by atoms with E-state index in [0.717, 1.165) is 12.0 Å². The van der Waals surface area contributed by atoms with Gasteiger partial charge >= 0.3 is 5.69 Å². The van der Waals surface area contributed by atoms with E-state index in [4.69, 9.17) is 23.2 Å². The molecule has 0 fully saturated rings. The second kappa shape index (κ2) is 8.78. The molecule has 25 heavy (non-hydrogen) atoms. The molecule has 0 saturated heterocycles. The van der Waals surface area contributed by atoms with Gasteiger partial charge in [0.2, 0.25) is 5.91 Å². The van der Waals surface area contributed by atoms with Crippen LogP contribution in [-0.4, -0.2) is 25.9 Å². The Hall–Kier alpha value is -1.44. The van der Waals surface area contributed by atoms with E-state index >= 15 is 0 Å². The second-order valence-electron chi connectivity index (χ2n) is 5.62. The zero-order valence-electron chi connectivity index (χ0n) is 14.2. The van der Waals surface area contributed by atoms with Crippen molar-refractivity contribution in [2.45, 2.75) is 50.2 Å². The highest BCUT2D eigenvalue weighted by atomic mass is 35.5. The van der Waals surface area contributed by atoms with Crippen LogP contribution in [0.3, 0.4) is 0 Å². The molecule has 2 atom stereocenters. The summed E-state index contributed by atoms with van der Waals surface area (Å²) in [6.07, 6.45) is 0.805. The SMILES string of the molecule is CCCn1c(S[C@@H](C)C(=O)N[C@H](C)c2ccc(Cl)cc2Cl)n[nH]c1=O. The quantitative estimate of drug-likeness (QED) is 0.692. The molecule has 1 amide bonds. The Morgan fingerprint density at radius 3 is 2.76 bits per heavy atom. The fourth-order valence-electron chi connectivity index (χ4n) is 2.29. The van der Waals surface area contributed by atoms with Gasteiger partial charge in [-0.3, -0.25) is 9.36 Å². The minimum Gasteiger partial charge on any atom is -0.349 e. The van der Waals surface area contributed by atoms with Crippen LogP contribution < -0.4 is 11.0 Å². The number of aromatic nitrogens is 3. The summed E-state index contributed by atoms with van der Waals surface area (Å²) in [6.45, 7) is 6.15. The Bertz CT molecular complexity index is 806. The lowest BCUT2D eigenvalue weighted by atomic mass is 10.1. The molecule has 9 heteroatoms. The predicted molar refractivity (Wildman–Crippen MR) is 101 cm³/mol. The molecule has 2 N–H and O–H groups in total. The summed E-state index contributed by atoms with van der Waals surface area (Å²) in [5.41, 5.74) is 0.526. The minimum absolute atomic E-state index is 0.165. The number of carbonyl (C=O) groups excluding carboxylic acids is 1. The van der Waals surface area contributed by atoms with Crippen molar-refractivity contribution in [3.05, 3.63) is 44.3 Å². The van der Waals surface area contributed by atoms with Crippen LogP contribution in [-0.2, 0) is 11.3 Å². The van der Waals surface area contributed by atoms with E-state index in [0.29, 0.717) is 21.7 Å². The van der Waals surface area contributed by atoms with E-state index in [2.05, 4.69) is 15.5 Å². The number of H-pyrrole nitrogens is 1. The molecule has 1 aromatic carbocycles. The fourth-order valence-corrected chi connectivity index (χ4v) is 3.75. The third-order valence-corrected chi connectivity index (χ3v) is 5.26. The van der Waals surface area contributed by atoms with E-state index in [-0.39, 0.29) is 17.6 Å². The maximum Gasteiger partial charge on any atom is 0.343 e. The van der Waals surface area contributed by atoms with Crippen LogP contribution in [0.25, 0.3) is 0 Å². The minimum atomic E-state index is -0.417. The van der Waals surface area contributed by atoms with Gasteiger partial charge in [-0.15, -0.1) is 5.10 Å². The Morgan fingerprint density at radius 2 is 2.12 bits per heavy atom. The van der Waals surface area contributed by atoms with E-state index in [1.54, 1.807) is 25.1 Å². The summed E-state index contributed by atoms with van der Waals surface area (Å²) >= 11 is 13.3. The maximum absolute atomic E-state index is 12.5. The summed E-state index contributed by atoms with van der Waals surface area (Å²) in [7, 11) is 0. The van der Waals surface area contributed by atoms with Crippen LogP contribution >= 0.6 is 35.0 Å². The number of benzene rings is 1. The van der Waals surface area contributed by atoms with Crippen LogP contribution in [0, 0.1) is 0 Å². The van der Waals surface area contributed by atoms with E-state index < -0.39 is 5.25 Å². The number of amides is 1. The molecular formula is C16H20Cl2N4O2S. The molecule has 0 unspecified atom stereocenters. The van der Waals surface area contributed by atoms with Crippen LogP contribution in [0.5, 0.6) is 0 Å². The van der Waals surface area contributed by atoms with Gasteiger partial charge in [-0.1, -0.05) is 48.0 Å². The van der Waals surface area contributed by atoms with Crippen molar-refractivity contribution >= 4 is 40.9 Å². The number of aromatic amines is 1. The van der Waals surface area contributed by atoms with Crippen molar-refractivity contribution < 1.29 is 4.79 Å². The topological polar surface area (TPSA) is 79.8 Å². The van der Waals surface area contributed by atoms with Gasteiger partial charge in [0.25, 0.3) is 0 Å². The molecular weight excluding hydrogens is 383 g/mol. The number of nitrogens with zero attached hydrogens (tertiary/aromatic N) is 2. The molecule has 0 spiro atoms. The molecule has 136 valence electrons. The zero-order chi connectivity index (χ0) is 18.6. The molecule has 0 aliphatic heterocycles. The van der Waals surface area contributed by atoms with Crippen molar-refractivity contribution in [3.63, 3.8) is 0 Å². The average Bonchev–Trinajstić information content (AvgIpc) is 2.88. The van der Waals surface area contributed by atoms with Crippen molar-refractivity contribution in [1.82, 2.24) is 20.1 Å². The highest BCUT2D eigenvalue weighted by molar-refractivity contribution is 8.00. The first-order chi connectivity index (χ1) is 11.8. The predicted octanol–water partition coefficient (Wildman–Crippen LogP) is 3.65. The monoisotopic (exact) mass is 402 g/mol. The molecule has 0 saturated carbocycles. The smallest absolute Gasteiger partial charge is 0.343 e. The third-order valence-electron chi connectivity index (χ3n) is 3.61. The Morgan fingerprint density at radius 1 is 1.40 bits per heavy atom. The Kier molecular flexibility index (Phi) is 6.98. The van der Waals surface area contributed by atoms with Crippen molar-refractivity contribution in [1.29, 1.82) is 0 Å². The normalized spacial score (nSPS) is 13.5. The zero-order valence-corrected chi connectivity index (χ0v) is 16.5. The summed E-state index contributed by atoms with van der Waals surface area (Å²) in [4.78, 5) is 24.2. The highest BCUT2D eigenvalue weighted by Crippen LogP contribution is 2.27. The molecule has 2 aromatic rings. The van der Waals surface area contributed by atoms with Crippen molar-refractivity contribution in [2.75, 3.05) is 0 Å². The van der Waals surface area contributed by atoms with Crippen molar-refractivity contribution in [2.24, 2.45) is 0 Å². The molecule has 6 nitrogen and oxygen atoms in total. The lowest BCUT2D eigenvalue weighted by molar-refractivity contribution is -0.120. The first-order valence-corrected chi connectivity index (χ1v) is 9.54. The van der Waals surface area contributed by atoms with E-state index in [1.165, 1.54) is 16.3 Å². The molecule has 0 aliphatic rings. The lowest BCUT2D eigenvalue weighted by Gasteiger charge is -2.18. The number of thioether (sulfide) groups is 1. The van der Waals surface area contributed by atoms with Crippen molar-refractivity contribution in [3.8, 4) is 0 Å². The van der Waals surface area contributed by atoms with Gasteiger partial charge in [-0.2, -0.15) is 0 Å². The summed E-state index contributed by atoms with van der Waals surface area (Å²) in [5.74, 6) is -0.165. The fraction of sp³-hybridized carbons (Fsp3) is 0.438. The number of hydrogen-bond donors (Lipinski definition) is 2. The maximum atomic E-state index is 12.5. The summed E-state index contributed by atoms with van der Waals surface area (Å²) < 4.78 is 1.54. The number of rotatable bonds is 7. The summed E-state index contributed by atoms with van der Waals surface area (Å²) in [5, 5.41) is 10.5. The number of nitrogens with one attached hydrogen (secondary N) is 2. The standard InChI is InChI=1S/C16H20Cl2N4O2S/c1-4-7-22-15(24)20-21-16(22)25-10(3)14(23)19-9(2)12-6-5-11(17)8-13(12)18/h5-6,8-10H,4,7H2,1-3H3,(H,19,23)(H,20,24)/t9-,10+/m1/s1. The third kappa shape index (κ3) is 5.03. The Labute approximate surface area is 160 Å². The van der Waals surface area contributed by atoms with E-state index in [1.807, 2.05) is 13.8 Å². The molecule has 0 bridgehead atoms. The van der Waals surface area contributed by atoms with Crippen LogP contribution in [0.1, 0.15) is 38.8 Å². The Balaban J connectivity index is 2.04. The van der Waals surface area contributed by atoms with Gasteiger partial charge in [0.15, 0.2) is 5.16 Å². The van der Waals surface area contributed by atoms with E-state index in [9.17, 15) is 9.59 Å². The van der Waals surface area contributed by atoms with Gasteiger partial charge in [0.05, 0.1) is 11.3 Å². The van der Waals surface area contributed by atoms with Gasteiger partial charge in [-0.25, -0.2) is 9.89 Å². The molecule has 1 heterocycles. The molecule has 2 rings (SSSR count).